The van der Waals surface area contributed by atoms with Crippen LogP contribution in [0.4, 0.5) is 5.69 Å². The maximum atomic E-state index is 12.0. The predicted molar refractivity (Wildman–Crippen MR) is 89.0 cm³/mol. The van der Waals surface area contributed by atoms with Gasteiger partial charge in [0.15, 0.2) is 0 Å². The minimum atomic E-state index is -0.288. The third-order valence-corrected chi connectivity index (χ3v) is 3.30. The van der Waals surface area contributed by atoms with Crippen LogP contribution in [-0.2, 0) is 11.4 Å². The Balaban J connectivity index is 1.86. The van der Waals surface area contributed by atoms with Crippen molar-refractivity contribution in [3.8, 4) is 0 Å². The summed E-state index contributed by atoms with van der Waals surface area (Å²) in [6.07, 6.45) is 0.169. The summed E-state index contributed by atoms with van der Waals surface area (Å²) >= 11 is 0. The minimum Gasteiger partial charge on any atom is -0.392 e. The summed E-state index contributed by atoms with van der Waals surface area (Å²) in [6, 6.07) is 15.6. The molecule has 0 bridgehead atoms. The van der Waals surface area contributed by atoms with Gasteiger partial charge in [0.2, 0.25) is 5.91 Å². The van der Waals surface area contributed by atoms with Gasteiger partial charge in [0.1, 0.15) is 0 Å². The Labute approximate surface area is 135 Å². The number of rotatable bonds is 6. The highest BCUT2D eigenvalue weighted by Gasteiger charge is 2.13. The highest BCUT2D eigenvalue weighted by Crippen LogP contribution is 2.11. The Morgan fingerprint density at radius 1 is 1.09 bits per heavy atom. The highest BCUT2D eigenvalue weighted by molar-refractivity contribution is 5.95. The largest absolute Gasteiger partial charge is 0.392 e. The smallest absolute Gasteiger partial charge is 0.251 e. The molecule has 0 aromatic heterocycles. The van der Waals surface area contributed by atoms with Crippen molar-refractivity contribution in [2.75, 3.05) is 5.32 Å². The molecule has 0 saturated heterocycles. The summed E-state index contributed by atoms with van der Waals surface area (Å²) in [5.41, 5.74) is 1.92. The van der Waals surface area contributed by atoms with Gasteiger partial charge in [-0.1, -0.05) is 30.3 Å². The Bertz CT molecular complexity index is 671. The molecule has 2 aromatic rings. The topological polar surface area (TPSA) is 78.4 Å². The maximum Gasteiger partial charge on any atom is 0.251 e. The number of carbonyl (C=O) groups is 2. The Hall–Kier alpha value is -2.66. The van der Waals surface area contributed by atoms with Crippen molar-refractivity contribution >= 4 is 17.5 Å². The van der Waals surface area contributed by atoms with E-state index in [0.717, 1.165) is 5.56 Å². The fraction of sp³-hybridized carbons (Fsp3) is 0.222. The number of anilines is 1. The van der Waals surface area contributed by atoms with Crippen LogP contribution in [0.2, 0.25) is 0 Å². The number of aliphatic hydroxyl groups is 1. The van der Waals surface area contributed by atoms with E-state index < -0.39 is 0 Å². The first-order chi connectivity index (χ1) is 11.1. The Morgan fingerprint density at radius 3 is 2.52 bits per heavy atom. The van der Waals surface area contributed by atoms with Crippen molar-refractivity contribution in [1.29, 1.82) is 0 Å². The fourth-order valence-electron chi connectivity index (χ4n) is 2.19. The molecule has 23 heavy (non-hydrogen) atoms. The average Bonchev–Trinajstić information content (AvgIpc) is 2.55. The normalized spacial score (nSPS) is 11.6. The van der Waals surface area contributed by atoms with E-state index in [1.54, 1.807) is 55.5 Å². The van der Waals surface area contributed by atoms with Gasteiger partial charge < -0.3 is 15.7 Å². The van der Waals surface area contributed by atoms with E-state index in [2.05, 4.69) is 10.6 Å². The van der Waals surface area contributed by atoms with Crippen LogP contribution < -0.4 is 10.6 Å². The van der Waals surface area contributed by atoms with Gasteiger partial charge in [-0.25, -0.2) is 0 Å². The molecule has 0 radical (unpaired) electrons. The fourth-order valence-corrected chi connectivity index (χ4v) is 2.19. The van der Waals surface area contributed by atoms with E-state index >= 15 is 0 Å². The summed E-state index contributed by atoms with van der Waals surface area (Å²) < 4.78 is 0. The van der Waals surface area contributed by atoms with Crippen LogP contribution in [0.25, 0.3) is 0 Å². The summed E-state index contributed by atoms with van der Waals surface area (Å²) in [5.74, 6) is -0.394. The molecule has 1 unspecified atom stereocenters. The van der Waals surface area contributed by atoms with Crippen molar-refractivity contribution in [2.24, 2.45) is 0 Å². The van der Waals surface area contributed by atoms with Crippen molar-refractivity contribution in [3.63, 3.8) is 0 Å². The van der Waals surface area contributed by atoms with E-state index in [1.165, 1.54) is 0 Å². The number of carbonyl (C=O) groups excluding carboxylic acids is 2. The van der Waals surface area contributed by atoms with Gasteiger partial charge >= 0.3 is 0 Å². The number of amides is 2. The zero-order valence-corrected chi connectivity index (χ0v) is 13.0. The van der Waals surface area contributed by atoms with Crippen molar-refractivity contribution < 1.29 is 14.7 Å². The minimum absolute atomic E-state index is 0.0761. The van der Waals surface area contributed by atoms with E-state index in [1.807, 2.05) is 6.07 Å². The lowest BCUT2D eigenvalue weighted by Crippen LogP contribution is -2.35. The van der Waals surface area contributed by atoms with Crippen LogP contribution >= 0.6 is 0 Å². The van der Waals surface area contributed by atoms with Crippen molar-refractivity contribution in [1.82, 2.24) is 5.32 Å². The van der Waals surface area contributed by atoms with Gasteiger partial charge in [0.05, 0.1) is 6.61 Å². The molecule has 5 nitrogen and oxygen atoms in total. The monoisotopic (exact) mass is 312 g/mol. The van der Waals surface area contributed by atoms with E-state index in [4.69, 9.17) is 5.11 Å². The van der Waals surface area contributed by atoms with Gasteiger partial charge in [-0.15, -0.1) is 0 Å². The summed E-state index contributed by atoms with van der Waals surface area (Å²) in [5, 5.41) is 14.6. The third-order valence-electron chi connectivity index (χ3n) is 3.30. The highest BCUT2D eigenvalue weighted by atomic mass is 16.3. The molecule has 0 fully saturated rings. The molecule has 2 amide bonds. The first kappa shape index (κ1) is 16.7. The Morgan fingerprint density at radius 2 is 1.83 bits per heavy atom. The predicted octanol–water partition coefficient (Wildman–Crippen LogP) is 2.33. The van der Waals surface area contributed by atoms with Gasteiger partial charge in [-0.2, -0.15) is 0 Å². The summed E-state index contributed by atoms with van der Waals surface area (Å²) in [7, 11) is 0. The summed E-state index contributed by atoms with van der Waals surface area (Å²) in [4.78, 5) is 24.0. The molecule has 0 saturated carbocycles. The van der Waals surface area contributed by atoms with Crippen LogP contribution in [0.3, 0.4) is 0 Å². The second-order valence-corrected chi connectivity index (χ2v) is 5.35. The molecule has 0 aliphatic rings. The molecule has 120 valence electrons. The van der Waals surface area contributed by atoms with Gasteiger partial charge in [0.25, 0.3) is 5.91 Å². The third kappa shape index (κ3) is 5.23. The molecule has 5 heteroatoms. The van der Waals surface area contributed by atoms with Crippen LogP contribution in [0, 0.1) is 0 Å². The Kier molecular flexibility index (Phi) is 5.88. The quantitative estimate of drug-likeness (QED) is 0.766. The lowest BCUT2D eigenvalue weighted by molar-refractivity contribution is -0.116. The number of nitrogens with one attached hydrogen (secondary N) is 2. The lowest BCUT2D eigenvalue weighted by atomic mass is 10.1. The van der Waals surface area contributed by atoms with E-state index in [-0.39, 0.29) is 30.9 Å². The molecular weight excluding hydrogens is 292 g/mol. The van der Waals surface area contributed by atoms with Crippen LogP contribution in [0.1, 0.15) is 29.3 Å². The number of benzene rings is 2. The lowest BCUT2D eigenvalue weighted by Gasteiger charge is -2.14. The van der Waals surface area contributed by atoms with E-state index in [0.29, 0.717) is 11.3 Å². The van der Waals surface area contributed by atoms with Gasteiger partial charge in [-0.05, 0) is 36.8 Å². The van der Waals surface area contributed by atoms with Crippen molar-refractivity contribution in [2.45, 2.75) is 26.0 Å². The molecule has 0 heterocycles. The SMILES string of the molecule is CC(CC(=O)Nc1cccc(CO)c1)NC(=O)c1ccccc1. The number of hydrogen-bond donors (Lipinski definition) is 3. The van der Waals surface area contributed by atoms with Crippen LogP contribution in [0.5, 0.6) is 0 Å². The number of aliphatic hydroxyl groups excluding tert-OH is 1. The first-order valence-corrected chi connectivity index (χ1v) is 7.44. The molecule has 0 aliphatic carbocycles. The molecule has 2 rings (SSSR count). The van der Waals surface area contributed by atoms with Crippen LogP contribution in [-0.4, -0.2) is 23.0 Å². The first-order valence-electron chi connectivity index (χ1n) is 7.44. The maximum absolute atomic E-state index is 12.0. The van der Waals surface area contributed by atoms with Crippen molar-refractivity contribution in [3.05, 3.63) is 65.7 Å². The molecule has 3 N–H and O–H groups in total. The molecule has 2 aromatic carbocycles. The van der Waals surface area contributed by atoms with Gasteiger partial charge in [0, 0.05) is 23.7 Å². The number of hydrogen-bond acceptors (Lipinski definition) is 3. The second kappa shape index (κ2) is 8.10. The average molecular weight is 312 g/mol. The summed E-state index contributed by atoms with van der Waals surface area (Å²) in [6.45, 7) is 1.71. The van der Waals surface area contributed by atoms with E-state index in [9.17, 15) is 9.59 Å². The zero-order valence-electron chi connectivity index (χ0n) is 13.0. The molecule has 0 spiro atoms. The molecule has 1 atom stereocenters. The van der Waals surface area contributed by atoms with Gasteiger partial charge in [-0.3, -0.25) is 9.59 Å². The molecular formula is C18H20N2O3. The molecule has 0 aliphatic heterocycles. The second-order valence-electron chi connectivity index (χ2n) is 5.35. The standard InChI is InChI=1S/C18H20N2O3/c1-13(19-18(23)15-7-3-2-4-8-15)10-17(22)20-16-9-5-6-14(11-16)12-21/h2-9,11,13,21H,10,12H2,1H3,(H,19,23)(H,20,22). The van der Waals surface area contributed by atoms with Crippen LogP contribution in [0.15, 0.2) is 54.6 Å². The zero-order chi connectivity index (χ0) is 16.7.